The maximum Gasteiger partial charge on any atom is 0.101 e. The third-order valence-corrected chi connectivity index (χ3v) is 3.91. The van der Waals surface area contributed by atoms with Gasteiger partial charge in [0.2, 0.25) is 0 Å². The fraction of sp³-hybridized carbons (Fsp3) is 0.308. The Balaban J connectivity index is 2.31. The minimum Gasteiger partial charge on any atom is -0.386 e. The molecule has 0 bridgehead atoms. The maximum absolute atomic E-state index is 10.3. The standard InChI is InChI=1S/C13H13Cl3N2O/c1-2-18-13(11(16)7-17-18)12(19)6-8-9(14)4-3-5-10(8)15/h3-5,7,12,19H,2,6H2,1H3. The second-order valence-corrected chi connectivity index (χ2v) is 5.34. The van der Waals surface area contributed by atoms with Crippen molar-refractivity contribution in [3.8, 4) is 0 Å². The van der Waals surface area contributed by atoms with Crippen molar-refractivity contribution in [2.45, 2.75) is 26.0 Å². The number of aliphatic hydroxyl groups is 1. The van der Waals surface area contributed by atoms with E-state index in [1.165, 1.54) is 6.20 Å². The molecule has 0 spiro atoms. The van der Waals surface area contributed by atoms with Crippen molar-refractivity contribution in [2.24, 2.45) is 0 Å². The second kappa shape index (κ2) is 6.14. The van der Waals surface area contributed by atoms with Gasteiger partial charge in [0.25, 0.3) is 0 Å². The van der Waals surface area contributed by atoms with Crippen LogP contribution in [0.25, 0.3) is 0 Å². The summed E-state index contributed by atoms with van der Waals surface area (Å²) in [5.41, 5.74) is 1.29. The van der Waals surface area contributed by atoms with E-state index in [0.717, 1.165) is 0 Å². The van der Waals surface area contributed by atoms with Crippen LogP contribution in [0.2, 0.25) is 15.1 Å². The summed E-state index contributed by atoms with van der Waals surface area (Å²) >= 11 is 18.3. The summed E-state index contributed by atoms with van der Waals surface area (Å²) in [6.07, 6.45) is 1.02. The zero-order valence-electron chi connectivity index (χ0n) is 10.3. The van der Waals surface area contributed by atoms with Crippen LogP contribution in [0.1, 0.15) is 24.3 Å². The van der Waals surface area contributed by atoms with Crippen LogP contribution in [0.5, 0.6) is 0 Å². The molecule has 0 aliphatic heterocycles. The van der Waals surface area contributed by atoms with Gasteiger partial charge in [-0.3, -0.25) is 4.68 Å². The molecule has 1 unspecified atom stereocenters. The summed E-state index contributed by atoms with van der Waals surface area (Å²) in [4.78, 5) is 0. The van der Waals surface area contributed by atoms with Crippen LogP contribution in [-0.2, 0) is 13.0 Å². The highest BCUT2D eigenvalue weighted by Crippen LogP contribution is 2.31. The number of halogens is 3. The van der Waals surface area contributed by atoms with E-state index >= 15 is 0 Å². The van der Waals surface area contributed by atoms with Crippen molar-refractivity contribution in [3.63, 3.8) is 0 Å². The first-order chi connectivity index (χ1) is 9.04. The molecule has 0 saturated carbocycles. The lowest BCUT2D eigenvalue weighted by molar-refractivity contribution is 0.167. The quantitative estimate of drug-likeness (QED) is 0.919. The monoisotopic (exact) mass is 318 g/mol. The van der Waals surface area contributed by atoms with E-state index in [1.807, 2.05) is 6.92 Å². The average molecular weight is 320 g/mol. The lowest BCUT2D eigenvalue weighted by Gasteiger charge is -2.15. The summed E-state index contributed by atoms with van der Waals surface area (Å²) in [5.74, 6) is 0. The predicted molar refractivity (Wildman–Crippen MR) is 78.0 cm³/mol. The normalized spacial score (nSPS) is 12.7. The highest BCUT2D eigenvalue weighted by molar-refractivity contribution is 6.36. The number of aromatic nitrogens is 2. The summed E-state index contributed by atoms with van der Waals surface area (Å²) in [5, 5.41) is 15.9. The summed E-state index contributed by atoms with van der Waals surface area (Å²) in [6.45, 7) is 2.57. The zero-order valence-corrected chi connectivity index (χ0v) is 12.5. The SMILES string of the molecule is CCn1ncc(Cl)c1C(O)Cc1c(Cl)cccc1Cl. The van der Waals surface area contributed by atoms with Crippen LogP contribution in [-0.4, -0.2) is 14.9 Å². The molecule has 2 aromatic rings. The van der Waals surface area contributed by atoms with Crippen molar-refractivity contribution in [1.29, 1.82) is 0 Å². The van der Waals surface area contributed by atoms with Crippen molar-refractivity contribution < 1.29 is 5.11 Å². The third kappa shape index (κ3) is 3.06. The Labute approximate surface area is 126 Å². The molecule has 0 fully saturated rings. The van der Waals surface area contributed by atoms with Gasteiger partial charge < -0.3 is 5.11 Å². The number of rotatable bonds is 4. The van der Waals surface area contributed by atoms with Crippen LogP contribution in [0.4, 0.5) is 0 Å². The van der Waals surface area contributed by atoms with Gasteiger partial charge in [-0.2, -0.15) is 5.10 Å². The van der Waals surface area contributed by atoms with E-state index in [1.54, 1.807) is 22.9 Å². The fourth-order valence-corrected chi connectivity index (χ4v) is 2.79. The highest BCUT2D eigenvalue weighted by atomic mass is 35.5. The Morgan fingerprint density at radius 3 is 2.42 bits per heavy atom. The molecule has 102 valence electrons. The highest BCUT2D eigenvalue weighted by Gasteiger charge is 2.20. The Bertz CT molecular complexity index is 563. The van der Waals surface area contributed by atoms with Crippen LogP contribution < -0.4 is 0 Å². The molecule has 0 amide bonds. The Kier molecular flexibility index (Phi) is 4.74. The van der Waals surface area contributed by atoms with Gasteiger partial charge in [-0.1, -0.05) is 40.9 Å². The van der Waals surface area contributed by atoms with Gasteiger partial charge in [0.15, 0.2) is 0 Å². The van der Waals surface area contributed by atoms with E-state index in [-0.39, 0.29) is 0 Å². The number of benzene rings is 1. The van der Waals surface area contributed by atoms with Gasteiger partial charge in [-0.05, 0) is 24.6 Å². The lowest BCUT2D eigenvalue weighted by Crippen LogP contribution is -2.11. The van der Waals surface area contributed by atoms with E-state index in [2.05, 4.69) is 5.10 Å². The number of aryl methyl sites for hydroxylation is 1. The number of hydrogen-bond acceptors (Lipinski definition) is 2. The first-order valence-corrected chi connectivity index (χ1v) is 7.00. The topological polar surface area (TPSA) is 38.0 Å². The molecule has 0 radical (unpaired) electrons. The van der Waals surface area contributed by atoms with Crippen LogP contribution in [0.3, 0.4) is 0 Å². The van der Waals surface area contributed by atoms with Gasteiger partial charge in [0, 0.05) is 23.0 Å². The minimum absolute atomic E-state index is 0.296. The molecule has 6 heteroatoms. The first-order valence-electron chi connectivity index (χ1n) is 5.86. The minimum atomic E-state index is -0.799. The molecule has 2 rings (SSSR count). The third-order valence-electron chi connectivity index (χ3n) is 2.91. The van der Waals surface area contributed by atoms with Crippen LogP contribution in [0, 0.1) is 0 Å². The Hall–Kier alpha value is -0.740. The van der Waals surface area contributed by atoms with E-state index in [0.29, 0.717) is 39.3 Å². The lowest BCUT2D eigenvalue weighted by atomic mass is 10.1. The molecule has 0 aliphatic carbocycles. The molecule has 1 heterocycles. The Morgan fingerprint density at radius 2 is 1.84 bits per heavy atom. The first kappa shape index (κ1) is 14.7. The van der Waals surface area contributed by atoms with Crippen molar-refractivity contribution >= 4 is 34.8 Å². The van der Waals surface area contributed by atoms with Crippen LogP contribution >= 0.6 is 34.8 Å². The smallest absolute Gasteiger partial charge is 0.101 e. The van der Waals surface area contributed by atoms with Gasteiger partial charge in [0.1, 0.15) is 6.10 Å². The molecule has 0 saturated heterocycles. The van der Waals surface area contributed by atoms with Gasteiger partial charge >= 0.3 is 0 Å². The largest absolute Gasteiger partial charge is 0.386 e. The van der Waals surface area contributed by atoms with Gasteiger partial charge in [-0.15, -0.1) is 0 Å². The fourth-order valence-electron chi connectivity index (χ4n) is 1.97. The van der Waals surface area contributed by atoms with Gasteiger partial charge in [0.05, 0.1) is 16.9 Å². The van der Waals surface area contributed by atoms with E-state index < -0.39 is 6.10 Å². The zero-order chi connectivity index (χ0) is 14.0. The average Bonchev–Trinajstić information content (AvgIpc) is 2.75. The number of nitrogens with zero attached hydrogens (tertiary/aromatic N) is 2. The van der Waals surface area contributed by atoms with Crippen molar-refractivity contribution in [2.75, 3.05) is 0 Å². The van der Waals surface area contributed by atoms with Crippen molar-refractivity contribution in [3.05, 3.63) is 50.7 Å². The molecule has 1 atom stereocenters. The predicted octanol–water partition coefficient (Wildman–Crippen LogP) is 4.14. The number of aliphatic hydroxyl groups excluding tert-OH is 1. The molecule has 19 heavy (non-hydrogen) atoms. The molecule has 1 N–H and O–H groups in total. The second-order valence-electron chi connectivity index (χ2n) is 4.11. The van der Waals surface area contributed by atoms with Crippen LogP contribution in [0.15, 0.2) is 24.4 Å². The summed E-state index contributed by atoms with van der Waals surface area (Å²) < 4.78 is 1.66. The molecule has 0 aliphatic rings. The molecule has 3 nitrogen and oxygen atoms in total. The Morgan fingerprint density at radius 1 is 1.21 bits per heavy atom. The summed E-state index contributed by atoms with van der Waals surface area (Å²) in [6, 6.07) is 5.26. The molecule has 1 aromatic heterocycles. The van der Waals surface area contributed by atoms with E-state index in [9.17, 15) is 5.11 Å². The maximum atomic E-state index is 10.3. The van der Waals surface area contributed by atoms with E-state index in [4.69, 9.17) is 34.8 Å². The molecular weight excluding hydrogens is 307 g/mol. The van der Waals surface area contributed by atoms with Gasteiger partial charge in [-0.25, -0.2) is 0 Å². The van der Waals surface area contributed by atoms with Crippen molar-refractivity contribution in [1.82, 2.24) is 9.78 Å². The number of hydrogen-bond donors (Lipinski definition) is 1. The molecular formula is C13H13Cl3N2O. The summed E-state index contributed by atoms with van der Waals surface area (Å²) in [7, 11) is 0. The molecule has 1 aromatic carbocycles.